The minimum Gasteiger partial charge on any atom is -0.334 e. The lowest BCUT2D eigenvalue weighted by Crippen LogP contribution is -2.38. The predicted molar refractivity (Wildman–Crippen MR) is 89.9 cm³/mol. The van der Waals surface area contributed by atoms with Crippen molar-refractivity contribution in [3.63, 3.8) is 0 Å². The van der Waals surface area contributed by atoms with Crippen LogP contribution in [0, 0.1) is 6.92 Å². The van der Waals surface area contributed by atoms with E-state index in [1.165, 1.54) is 6.33 Å². The molecule has 8 heteroatoms. The molecule has 24 heavy (non-hydrogen) atoms. The fourth-order valence-corrected chi connectivity index (χ4v) is 2.33. The van der Waals surface area contributed by atoms with E-state index >= 15 is 0 Å². The number of nitrogens with one attached hydrogen (secondary N) is 2. The molecule has 0 aliphatic carbocycles. The van der Waals surface area contributed by atoms with Crippen LogP contribution >= 0.6 is 0 Å². The molecule has 0 radical (unpaired) electrons. The van der Waals surface area contributed by atoms with Crippen molar-refractivity contribution in [1.29, 1.82) is 0 Å². The van der Waals surface area contributed by atoms with Crippen LogP contribution in [-0.4, -0.2) is 36.6 Å². The van der Waals surface area contributed by atoms with Crippen molar-refractivity contribution in [2.45, 2.75) is 26.4 Å². The average molecular weight is 325 g/mol. The Kier molecular flexibility index (Phi) is 4.55. The van der Waals surface area contributed by atoms with Crippen molar-refractivity contribution >= 4 is 11.7 Å². The maximum absolute atomic E-state index is 12.1. The summed E-state index contributed by atoms with van der Waals surface area (Å²) in [5.74, 6) is 0. The fraction of sp³-hybridized carbons (Fsp3) is 0.250. The molecule has 3 aromatic rings. The first kappa shape index (κ1) is 15.7. The molecule has 0 saturated carbocycles. The third-order valence-corrected chi connectivity index (χ3v) is 3.40. The van der Waals surface area contributed by atoms with Crippen molar-refractivity contribution in [3.05, 3.63) is 54.9 Å². The summed E-state index contributed by atoms with van der Waals surface area (Å²) in [4.78, 5) is 16.0. The van der Waals surface area contributed by atoms with E-state index in [-0.39, 0.29) is 12.1 Å². The van der Waals surface area contributed by atoms with Gasteiger partial charge in [0.1, 0.15) is 12.7 Å². The number of aryl methyl sites for hydroxylation is 1. The number of anilines is 1. The van der Waals surface area contributed by atoms with E-state index in [0.29, 0.717) is 12.2 Å². The first-order valence-electron chi connectivity index (χ1n) is 7.63. The molecule has 0 bridgehead atoms. The Labute approximate surface area is 139 Å². The van der Waals surface area contributed by atoms with E-state index in [1.54, 1.807) is 15.7 Å². The minimum absolute atomic E-state index is 0.0800. The Morgan fingerprint density at radius 2 is 2.21 bits per heavy atom. The molecule has 2 heterocycles. The van der Waals surface area contributed by atoms with E-state index in [2.05, 4.69) is 25.8 Å². The lowest BCUT2D eigenvalue weighted by Gasteiger charge is -2.14. The maximum atomic E-state index is 12.1. The lowest BCUT2D eigenvalue weighted by molar-refractivity contribution is 0.247. The van der Waals surface area contributed by atoms with Crippen LogP contribution in [0.5, 0.6) is 0 Å². The molecule has 124 valence electrons. The number of nitrogens with zero attached hydrogens (tertiary/aromatic N) is 5. The predicted octanol–water partition coefficient (Wildman–Crippen LogP) is 1.98. The second-order valence-corrected chi connectivity index (χ2v) is 5.57. The molecule has 0 unspecified atom stereocenters. The normalized spacial score (nSPS) is 11.9. The summed E-state index contributed by atoms with van der Waals surface area (Å²) in [5, 5.41) is 14.1. The summed E-state index contributed by atoms with van der Waals surface area (Å²) in [7, 11) is 0. The van der Waals surface area contributed by atoms with Gasteiger partial charge in [0.05, 0.1) is 17.9 Å². The third kappa shape index (κ3) is 3.97. The molecule has 3 rings (SSSR count). The van der Waals surface area contributed by atoms with Gasteiger partial charge in [-0.3, -0.25) is 4.68 Å². The molecule has 0 fully saturated rings. The highest BCUT2D eigenvalue weighted by Crippen LogP contribution is 2.14. The average Bonchev–Trinajstić information content (AvgIpc) is 3.19. The number of urea groups is 1. The molecule has 1 atom stereocenters. The number of benzene rings is 1. The van der Waals surface area contributed by atoms with Gasteiger partial charge in [0.25, 0.3) is 0 Å². The Morgan fingerprint density at radius 1 is 1.33 bits per heavy atom. The van der Waals surface area contributed by atoms with Crippen LogP contribution < -0.4 is 10.6 Å². The molecular formula is C16H19N7O. The highest BCUT2D eigenvalue weighted by atomic mass is 16.2. The second-order valence-electron chi connectivity index (χ2n) is 5.57. The first-order valence-corrected chi connectivity index (χ1v) is 7.63. The second kappa shape index (κ2) is 6.95. The minimum atomic E-state index is -0.267. The first-order chi connectivity index (χ1) is 11.6. The van der Waals surface area contributed by atoms with Crippen molar-refractivity contribution in [2.75, 3.05) is 5.32 Å². The zero-order valence-electron chi connectivity index (χ0n) is 13.5. The number of carbonyl (C=O) groups excluding carboxylic acids is 1. The van der Waals surface area contributed by atoms with Gasteiger partial charge in [-0.1, -0.05) is 6.07 Å². The number of carbonyl (C=O) groups is 1. The zero-order chi connectivity index (χ0) is 16.9. The molecule has 2 aromatic heterocycles. The molecule has 2 N–H and O–H groups in total. The topological polar surface area (TPSA) is 89.7 Å². The molecule has 0 aliphatic rings. The SMILES string of the molecule is Cc1ccn(-c2cccc(NC(=O)N[C@H](C)Cn3cncn3)c2)n1. The molecule has 2 amide bonds. The van der Waals surface area contributed by atoms with Crippen LogP contribution in [0.3, 0.4) is 0 Å². The highest BCUT2D eigenvalue weighted by Gasteiger charge is 2.09. The Morgan fingerprint density at radius 3 is 2.92 bits per heavy atom. The van der Waals surface area contributed by atoms with E-state index in [9.17, 15) is 4.79 Å². The van der Waals surface area contributed by atoms with E-state index in [4.69, 9.17) is 0 Å². The van der Waals surface area contributed by atoms with Crippen LogP contribution in [-0.2, 0) is 6.54 Å². The van der Waals surface area contributed by atoms with Gasteiger partial charge in [-0.15, -0.1) is 0 Å². The number of hydrogen-bond donors (Lipinski definition) is 2. The Bertz CT molecular complexity index is 809. The van der Waals surface area contributed by atoms with Gasteiger partial charge in [-0.25, -0.2) is 14.5 Å². The Hall–Kier alpha value is -3.16. The summed E-state index contributed by atoms with van der Waals surface area (Å²) in [6.45, 7) is 4.40. The monoisotopic (exact) mass is 325 g/mol. The number of hydrogen-bond acceptors (Lipinski definition) is 4. The summed E-state index contributed by atoms with van der Waals surface area (Å²) < 4.78 is 3.44. The molecular weight excluding hydrogens is 306 g/mol. The molecule has 1 aromatic carbocycles. The van der Waals surface area contributed by atoms with Gasteiger partial charge in [0, 0.05) is 17.9 Å². The van der Waals surface area contributed by atoms with Crippen LogP contribution in [0.15, 0.2) is 49.2 Å². The Balaban J connectivity index is 1.60. The van der Waals surface area contributed by atoms with Crippen LogP contribution in [0.4, 0.5) is 10.5 Å². The van der Waals surface area contributed by atoms with Crippen LogP contribution in [0.1, 0.15) is 12.6 Å². The van der Waals surface area contributed by atoms with Gasteiger partial charge >= 0.3 is 6.03 Å². The van der Waals surface area contributed by atoms with Gasteiger partial charge in [0.2, 0.25) is 0 Å². The molecule has 8 nitrogen and oxygen atoms in total. The van der Waals surface area contributed by atoms with Crippen molar-refractivity contribution in [3.8, 4) is 5.69 Å². The largest absolute Gasteiger partial charge is 0.334 e. The van der Waals surface area contributed by atoms with E-state index < -0.39 is 0 Å². The highest BCUT2D eigenvalue weighted by molar-refractivity contribution is 5.89. The fourth-order valence-electron chi connectivity index (χ4n) is 2.33. The van der Waals surface area contributed by atoms with Crippen LogP contribution in [0.2, 0.25) is 0 Å². The number of amides is 2. The standard InChI is InChI=1S/C16H19N7O/c1-12-6-7-23(21-12)15-5-3-4-14(8-15)20-16(24)19-13(2)9-22-11-17-10-18-22/h3-8,10-11,13H,9H2,1-2H3,(H2,19,20,24)/t13-/m1/s1. The molecule has 0 spiro atoms. The lowest BCUT2D eigenvalue weighted by atomic mass is 10.3. The molecule has 0 saturated heterocycles. The zero-order valence-corrected chi connectivity index (χ0v) is 13.5. The maximum Gasteiger partial charge on any atom is 0.319 e. The van der Waals surface area contributed by atoms with Crippen molar-refractivity contribution in [1.82, 2.24) is 29.9 Å². The van der Waals surface area contributed by atoms with Gasteiger partial charge in [0.15, 0.2) is 0 Å². The summed E-state index contributed by atoms with van der Waals surface area (Å²) in [6, 6.07) is 9.10. The van der Waals surface area contributed by atoms with Gasteiger partial charge < -0.3 is 10.6 Å². The quantitative estimate of drug-likeness (QED) is 0.750. The summed E-state index contributed by atoms with van der Waals surface area (Å²) >= 11 is 0. The van der Waals surface area contributed by atoms with Crippen LogP contribution in [0.25, 0.3) is 5.69 Å². The molecule has 0 aliphatic heterocycles. The third-order valence-electron chi connectivity index (χ3n) is 3.40. The van der Waals surface area contributed by atoms with E-state index in [0.717, 1.165) is 11.4 Å². The van der Waals surface area contributed by atoms with Crippen molar-refractivity contribution in [2.24, 2.45) is 0 Å². The summed E-state index contributed by atoms with van der Waals surface area (Å²) in [5.41, 5.74) is 2.52. The van der Waals surface area contributed by atoms with Crippen molar-refractivity contribution < 1.29 is 4.79 Å². The smallest absolute Gasteiger partial charge is 0.319 e. The number of rotatable bonds is 5. The summed E-state index contributed by atoms with van der Waals surface area (Å²) in [6.07, 6.45) is 4.97. The van der Waals surface area contributed by atoms with Gasteiger partial charge in [-0.05, 0) is 38.1 Å². The number of aromatic nitrogens is 5. The van der Waals surface area contributed by atoms with Gasteiger partial charge in [-0.2, -0.15) is 10.2 Å². The van der Waals surface area contributed by atoms with E-state index in [1.807, 2.05) is 50.4 Å².